The van der Waals surface area contributed by atoms with Crippen LogP contribution >= 0.6 is 34.8 Å². The molecule has 3 rings (SSSR count). The van der Waals surface area contributed by atoms with Crippen molar-refractivity contribution < 1.29 is 22.7 Å². The van der Waals surface area contributed by atoms with Gasteiger partial charge in [-0.3, -0.25) is 13.9 Å². The van der Waals surface area contributed by atoms with Gasteiger partial charge in [0.1, 0.15) is 18.3 Å². The molecule has 0 spiro atoms. The van der Waals surface area contributed by atoms with Crippen LogP contribution in [-0.2, 0) is 26.2 Å². The largest absolute Gasteiger partial charge is 0.497 e. The first-order valence-corrected chi connectivity index (χ1v) is 14.9. The van der Waals surface area contributed by atoms with Crippen LogP contribution in [-0.4, -0.2) is 50.9 Å². The van der Waals surface area contributed by atoms with Gasteiger partial charge in [-0.1, -0.05) is 46.9 Å². The molecule has 0 bridgehead atoms. The Balaban J connectivity index is 2.07. The highest BCUT2D eigenvalue weighted by Gasteiger charge is 2.33. The maximum Gasteiger partial charge on any atom is 0.264 e. The van der Waals surface area contributed by atoms with Crippen LogP contribution in [0.3, 0.4) is 0 Å². The number of benzene rings is 3. The lowest BCUT2D eigenvalue weighted by molar-refractivity contribution is -0.139. The molecular formula is C28H30Cl3N3O5S. The average Bonchev–Trinajstić information content (AvgIpc) is 2.90. The van der Waals surface area contributed by atoms with Gasteiger partial charge in [0, 0.05) is 33.2 Å². The Bertz CT molecular complexity index is 1450. The van der Waals surface area contributed by atoms with E-state index in [2.05, 4.69) is 5.32 Å². The number of ether oxygens (including phenoxy) is 1. The van der Waals surface area contributed by atoms with Gasteiger partial charge in [0.25, 0.3) is 10.0 Å². The molecule has 1 N–H and O–H groups in total. The molecule has 0 saturated heterocycles. The minimum absolute atomic E-state index is 0.0626. The second-order valence-corrected chi connectivity index (χ2v) is 12.3. The molecule has 12 heteroatoms. The highest BCUT2D eigenvalue weighted by Crippen LogP contribution is 2.29. The standard InChI is InChI=1S/C28H30Cl3N3O5S/c1-18(2)32-28(36)19(3)33(16-24-25(30)9-6-10-26(24)31)27(35)17-34(21-8-5-7-20(29)15-21)40(37,38)23-13-11-22(39-4)12-14-23/h5-15,18-19H,16-17H2,1-4H3,(H,32,36)/t19-/m0/s1. The summed E-state index contributed by atoms with van der Waals surface area (Å²) in [4.78, 5) is 28.1. The summed E-state index contributed by atoms with van der Waals surface area (Å²) in [5.74, 6) is -0.601. The van der Waals surface area contributed by atoms with E-state index in [1.165, 1.54) is 48.4 Å². The number of hydrogen-bond acceptors (Lipinski definition) is 5. The number of carbonyl (C=O) groups is 2. The molecule has 0 radical (unpaired) electrons. The van der Waals surface area contributed by atoms with Gasteiger partial charge < -0.3 is 15.0 Å². The summed E-state index contributed by atoms with van der Waals surface area (Å²) in [6, 6.07) is 15.7. The first-order chi connectivity index (χ1) is 18.8. The van der Waals surface area contributed by atoms with Crippen molar-refractivity contribution in [1.82, 2.24) is 10.2 Å². The number of amides is 2. The summed E-state index contributed by atoms with van der Waals surface area (Å²) >= 11 is 19.0. The van der Waals surface area contributed by atoms with E-state index in [0.29, 0.717) is 21.4 Å². The topological polar surface area (TPSA) is 96.0 Å². The summed E-state index contributed by atoms with van der Waals surface area (Å²) in [6.07, 6.45) is 0. The third-order valence-corrected chi connectivity index (χ3v) is 8.74. The lowest BCUT2D eigenvalue weighted by Crippen LogP contribution is -2.52. The van der Waals surface area contributed by atoms with E-state index < -0.39 is 34.4 Å². The number of nitrogens with one attached hydrogen (secondary N) is 1. The van der Waals surface area contributed by atoms with Crippen molar-refractivity contribution >= 4 is 62.3 Å². The van der Waals surface area contributed by atoms with Crippen molar-refractivity contribution in [3.05, 3.63) is 87.4 Å². The van der Waals surface area contributed by atoms with Gasteiger partial charge in [0.15, 0.2) is 0 Å². The number of nitrogens with zero attached hydrogens (tertiary/aromatic N) is 2. The van der Waals surface area contributed by atoms with Gasteiger partial charge in [-0.15, -0.1) is 0 Å². The van der Waals surface area contributed by atoms with E-state index in [9.17, 15) is 18.0 Å². The number of anilines is 1. The van der Waals surface area contributed by atoms with Crippen molar-refractivity contribution in [2.75, 3.05) is 18.0 Å². The SMILES string of the molecule is COc1ccc(S(=O)(=O)N(CC(=O)N(Cc2c(Cl)cccc2Cl)[C@@H](C)C(=O)NC(C)C)c2cccc(Cl)c2)cc1. The Morgan fingerprint density at radius 2 is 1.52 bits per heavy atom. The molecule has 3 aromatic rings. The molecular weight excluding hydrogens is 597 g/mol. The second kappa shape index (κ2) is 13.6. The smallest absolute Gasteiger partial charge is 0.264 e. The highest BCUT2D eigenvalue weighted by molar-refractivity contribution is 7.92. The fourth-order valence-electron chi connectivity index (χ4n) is 3.88. The third kappa shape index (κ3) is 7.60. The molecule has 0 aliphatic heterocycles. The van der Waals surface area contributed by atoms with E-state index in [1.807, 2.05) is 0 Å². The summed E-state index contributed by atoms with van der Waals surface area (Å²) in [7, 11) is -2.79. The van der Waals surface area contributed by atoms with Crippen LogP contribution < -0.4 is 14.4 Å². The number of hydrogen-bond donors (Lipinski definition) is 1. The fraction of sp³-hybridized carbons (Fsp3) is 0.286. The van der Waals surface area contributed by atoms with Gasteiger partial charge in [0.2, 0.25) is 11.8 Å². The lowest BCUT2D eigenvalue weighted by Gasteiger charge is -2.32. The number of methoxy groups -OCH3 is 1. The molecule has 3 aromatic carbocycles. The van der Waals surface area contributed by atoms with Crippen LogP contribution in [0.2, 0.25) is 15.1 Å². The van der Waals surface area contributed by atoms with Gasteiger partial charge >= 0.3 is 0 Å². The number of sulfonamides is 1. The molecule has 0 unspecified atom stereocenters. The fourth-order valence-corrected chi connectivity index (χ4v) is 5.98. The molecule has 2 amide bonds. The second-order valence-electron chi connectivity index (χ2n) is 9.23. The van der Waals surface area contributed by atoms with E-state index >= 15 is 0 Å². The number of rotatable bonds is 11. The minimum atomic E-state index is -4.26. The quantitative estimate of drug-likeness (QED) is 0.291. The van der Waals surface area contributed by atoms with Crippen molar-refractivity contribution in [3.8, 4) is 5.75 Å². The molecule has 0 saturated carbocycles. The third-order valence-electron chi connectivity index (χ3n) is 6.01. The van der Waals surface area contributed by atoms with Crippen molar-refractivity contribution in [3.63, 3.8) is 0 Å². The number of halogens is 3. The van der Waals surface area contributed by atoms with Crippen LogP contribution in [0.15, 0.2) is 71.6 Å². The summed E-state index contributed by atoms with van der Waals surface area (Å²) in [5, 5.41) is 3.68. The van der Waals surface area contributed by atoms with Crippen molar-refractivity contribution in [2.45, 2.75) is 44.3 Å². The van der Waals surface area contributed by atoms with Crippen LogP contribution in [0.4, 0.5) is 5.69 Å². The van der Waals surface area contributed by atoms with Gasteiger partial charge in [-0.25, -0.2) is 8.42 Å². The minimum Gasteiger partial charge on any atom is -0.497 e. The van der Waals surface area contributed by atoms with E-state index in [0.717, 1.165) is 4.31 Å². The Morgan fingerprint density at radius 1 is 0.925 bits per heavy atom. The van der Waals surface area contributed by atoms with Crippen LogP contribution in [0, 0.1) is 0 Å². The molecule has 0 fully saturated rings. The van der Waals surface area contributed by atoms with Gasteiger partial charge in [-0.05, 0) is 75.4 Å². The zero-order valence-corrected chi connectivity index (χ0v) is 25.5. The van der Waals surface area contributed by atoms with Crippen molar-refractivity contribution in [2.24, 2.45) is 0 Å². The summed E-state index contributed by atoms with van der Waals surface area (Å²) < 4.78 is 33.8. The maximum atomic E-state index is 13.9. The molecule has 1 atom stereocenters. The summed E-state index contributed by atoms with van der Waals surface area (Å²) in [6.45, 7) is 4.39. The molecule has 214 valence electrons. The molecule has 0 aliphatic rings. The molecule has 0 aromatic heterocycles. The Labute approximate surface area is 249 Å². The molecule has 40 heavy (non-hydrogen) atoms. The highest BCUT2D eigenvalue weighted by atomic mass is 35.5. The van der Waals surface area contributed by atoms with Crippen LogP contribution in [0.25, 0.3) is 0 Å². The lowest BCUT2D eigenvalue weighted by atomic mass is 10.1. The van der Waals surface area contributed by atoms with E-state index in [4.69, 9.17) is 39.5 Å². The predicted octanol–water partition coefficient (Wildman–Crippen LogP) is 5.79. The monoisotopic (exact) mass is 625 g/mol. The van der Waals surface area contributed by atoms with Crippen molar-refractivity contribution in [1.29, 1.82) is 0 Å². The summed E-state index contributed by atoms with van der Waals surface area (Å²) in [5.41, 5.74) is 0.599. The predicted molar refractivity (Wildman–Crippen MR) is 159 cm³/mol. The molecule has 0 aliphatic carbocycles. The Hall–Kier alpha value is -2.98. The maximum absolute atomic E-state index is 13.9. The van der Waals surface area contributed by atoms with Gasteiger partial charge in [0.05, 0.1) is 17.7 Å². The number of carbonyl (C=O) groups excluding carboxylic acids is 2. The average molecular weight is 627 g/mol. The van der Waals surface area contributed by atoms with Crippen LogP contribution in [0.5, 0.6) is 5.75 Å². The van der Waals surface area contributed by atoms with E-state index in [-0.39, 0.29) is 28.2 Å². The Morgan fingerprint density at radius 3 is 2.08 bits per heavy atom. The normalized spacial score (nSPS) is 12.1. The Kier molecular flexibility index (Phi) is 10.7. The first kappa shape index (κ1) is 31.5. The molecule has 8 nitrogen and oxygen atoms in total. The molecule has 0 heterocycles. The first-order valence-electron chi connectivity index (χ1n) is 12.3. The van der Waals surface area contributed by atoms with E-state index in [1.54, 1.807) is 51.1 Å². The zero-order valence-electron chi connectivity index (χ0n) is 22.4. The zero-order chi connectivity index (χ0) is 29.6. The van der Waals surface area contributed by atoms with Crippen LogP contribution in [0.1, 0.15) is 26.3 Å². The van der Waals surface area contributed by atoms with Gasteiger partial charge in [-0.2, -0.15) is 0 Å².